The van der Waals surface area contributed by atoms with Crippen LogP contribution in [-0.4, -0.2) is 28.5 Å². The van der Waals surface area contributed by atoms with E-state index in [2.05, 4.69) is 202 Å². The van der Waals surface area contributed by atoms with E-state index < -0.39 is 0 Å². The molecule has 274 valence electrons. The van der Waals surface area contributed by atoms with Crippen LogP contribution in [0.2, 0.25) is 0 Å². The highest BCUT2D eigenvalue weighted by atomic mass is 15.2. The molecular formula is C53H32N6. The molecule has 0 radical (unpaired) electrons. The summed E-state index contributed by atoms with van der Waals surface area (Å²) in [6.45, 7) is 0. The summed E-state index contributed by atoms with van der Waals surface area (Å²) in [4.78, 5) is 16.1. The zero-order chi connectivity index (χ0) is 38.6. The van der Waals surface area contributed by atoms with Crippen molar-refractivity contribution in [2.45, 2.75) is 0 Å². The van der Waals surface area contributed by atoms with Gasteiger partial charge in [0.25, 0.3) is 0 Å². The maximum atomic E-state index is 5.45. The van der Waals surface area contributed by atoms with E-state index in [0.29, 0.717) is 5.95 Å². The van der Waals surface area contributed by atoms with Crippen molar-refractivity contribution in [2.75, 3.05) is 0 Å². The number of fused-ring (bicyclic) bond motifs is 14. The second-order valence-electron chi connectivity index (χ2n) is 15.2. The smallest absolute Gasteiger partial charge is 0.236 e. The van der Waals surface area contributed by atoms with E-state index in [-0.39, 0.29) is 0 Å². The third-order valence-electron chi connectivity index (χ3n) is 12.0. The maximum absolute atomic E-state index is 5.45. The van der Waals surface area contributed by atoms with Crippen LogP contribution in [0.25, 0.3) is 116 Å². The Bertz CT molecular complexity index is 3840. The van der Waals surface area contributed by atoms with E-state index in [1.165, 1.54) is 21.8 Å². The topological polar surface area (TPSA) is 52.9 Å². The number of rotatable bonds is 4. The Morgan fingerprint density at radius 2 is 0.915 bits per heavy atom. The van der Waals surface area contributed by atoms with E-state index in [1.54, 1.807) is 0 Å². The molecule has 0 N–H and O–H groups in total. The third kappa shape index (κ3) is 4.59. The molecule has 5 heterocycles. The molecule has 59 heavy (non-hydrogen) atoms. The van der Waals surface area contributed by atoms with Gasteiger partial charge in [0, 0.05) is 43.6 Å². The lowest BCUT2D eigenvalue weighted by Gasteiger charge is -2.13. The van der Waals surface area contributed by atoms with Gasteiger partial charge in [-0.1, -0.05) is 133 Å². The number of imidazole rings is 1. The monoisotopic (exact) mass is 752 g/mol. The Morgan fingerprint density at radius 3 is 1.69 bits per heavy atom. The van der Waals surface area contributed by atoms with Gasteiger partial charge in [0.15, 0.2) is 0 Å². The highest BCUT2D eigenvalue weighted by Gasteiger charge is 2.24. The largest absolute Gasteiger partial charge is 0.309 e. The van der Waals surface area contributed by atoms with Crippen LogP contribution < -0.4 is 0 Å². The molecule has 0 atom stereocenters. The van der Waals surface area contributed by atoms with E-state index in [0.717, 1.165) is 88.4 Å². The van der Waals surface area contributed by atoms with Crippen LogP contribution in [0.15, 0.2) is 194 Å². The summed E-state index contributed by atoms with van der Waals surface area (Å²) in [6.07, 6.45) is 0. The lowest BCUT2D eigenvalue weighted by Crippen LogP contribution is -2.06. The van der Waals surface area contributed by atoms with E-state index in [4.69, 9.17) is 15.0 Å². The van der Waals surface area contributed by atoms with Gasteiger partial charge in [0.2, 0.25) is 5.95 Å². The van der Waals surface area contributed by atoms with Gasteiger partial charge in [-0.2, -0.15) is 0 Å². The number of hydrogen-bond donors (Lipinski definition) is 0. The first-order valence-corrected chi connectivity index (χ1v) is 20.0. The summed E-state index contributed by atoms with van der Waals surface area (Å²) in [5.41, 5.74) is 13.5. The SMILES string of the molecule is c1ccc(-c2nc(-n3c4ccc(-c5ccc6c(c5)c5ccccc5n6-c5ccccc5)cc4c4c5ccccc5c5nc6ccccc6n5c43)nc3ccccc23)cc1. The molecule has 0 bridgehead atoms. The van der Waals surface area contributed by atoms with Crippen LogP contribution >= 0.6 is 0 Å². The Labute approximate surface area is 337 Å². The normalized spacial score (nSPS) is 12.1. The van der Waals surface area contributed by atoms with Gasteiger partial charge in [0.05, 0.1) is 38.8 Å². The van der Waals surface area contributed by atoms with Gasteiger partial charge in [-0.15, -0.1) is 0 Å². The van der Waals surface area contributed by atoms with Gasteiger partial charge in [-0.3, -0.25) is 8.97 Å². The molecule has 0 aliphatic rings. The molecule has 13 rings (SSSR count). The van der Waals surface area contributed by atoms with Crippen molar-refractivity contribution in [2.24, 2.45) is 0 Å². The lowest BCUT2D eigenvalue weighted by atomic mass is 9.99. The standard InChI is InChI=1S/C53H32N6/c1-3-15-33(16-4-1)50-40-22-9-11-23-43(40)55-53(56-50)59-47-30-28-35(34-27-29-46-41(31-34)37-19-10-13-25-45(37)57(46)36-17-5-2-6-18-36)32-42(47)49-38-20-7-8-21-39(38)51-54-44-24-12-14-26-48(44)58(51)52(49)59/h1-32H. The van der Waals surface area contributed by atoms with Crippen molar-refractivity contribution in [1.29, 1.82) is 0 Å². The van der Waals surface area contributed by atoms with Crippen LogP contribution in [0.3, 0.4) is 0 Å². The van der Waals surface area contributed by atoms with Gasteiger partial charge in [-0.25, -0.2) is 15.0 Å². The van der Waals surface area contributed by atoms with Crippen molar-refractivity contribution < 1.29 is 0 Å². The fourth-order valence-corrected chi connectivity index (χ4v) is 9.44. The van der Waals surface area contributed by atoms with E-state index in [1.807, 2.05) is 6.07 Å². The molecule has 0 aliphatic heterocycles. The van der Waals surface area contributed by atoms with E-state index in [9.17, 15) is 0 Å². The fraction of sp³-hybridized carbons (Fsp3) is 0. The van der Waals surface area contributed by atoms with Crippen LogP contribution in [0.5, 0.6) is 0 Å². The summed E-state index contributed by atoms with van der Waals surface area (Å²) in [5.74, 6) is 0.611. The van der Waals surface area contributed by atoms with Gasteiger partial charge in [0.1, 0.15) is 11.3 Å². The molecule has 0 saturated carbocycles. The minimum absolute atomic E-state index is 0.611. The molecule has 6 nitrogen and oxygen atoms in total. The second-order valence-corrected chi connectivity index (χ2v) is 15.2. The second kappa shape index (κ2) is 12.2. The van der Waals surface area contributed by atoms with E-state index >= 15 is 0 Å². The number of aromatic nitrogens is 6. The Hall–Kier alpha value is -8.09. The third-order valence-corrected chi connectivity index (χ3v) is 12.0. The molecule has 0 unspecified atom stereocenters. The predicted octanol–water partition coefficient (Wildman–Crippen LogP) is 13.1. The first-order valence-electron chi connectivity index (χ1n) is 20.0. The number of hydrogen-bond acceptors (Lipinski definition) is 3. The lowest BCUT2D eigenvalue weighted by molar-refractivity contribution is 0.991. The van der Waals surface area contributed by atoms with Gasteiger partial charge >= 0.3 is 0 Å². The first-order chi connectivity index (χ1) is 29.3. The average Bonchev–Trinajstić information content (AvgIpc) is 3.97. The van der Waals surface area contributed by atoms with Crippen molar-refractivity contribution >= 4 is 82.1 Å². The molecule has 0 fully saturated rings. The molecule has 13 aromatic rings. The number of benzene rings is 8. The highest BCUT2D eigenvalue weighted by molar-refractivity contribution is 6.24. The number of para-hydroxylation sites is 5. The Kier molecular flexibility index (Phi) is 6.63. The number of pyridine rings is 1. The van der Waals surface area contributed by atoms with Crippen molar-refractivity contribution in [1.82, 2.24) is 28.5 Å². The minimum Gasteiger partial charge on any atom is -0.309 e. The van der Waals surface area contributed by atoms with Crippen LogP contribution in [-0.2, 0) is 0 Å². The van der Waals surface area contributed by atoms with Crippen molar-refractivity contribution in [3.63, 3.8) is 0 Å². The Balaban J connectivity index is 1.15. The zero-order valence-corrected chi connectivity index (χ0v) is 31.7. The molecule has 8 aromatic carbocycles. The van der Waals surface area contributed by atoms with Crippen molar-refractivity contribution in [3.05, 3.63) is 194 Å². The molecule has 0 aliphatic carbocycles. The zero-order valence-electron chi connectivity index (χ0n) is 31.7. The van der Waals surface area contributed by atoms with Crippen molar-refractivity contribution in [3.8, 4) is 34.0 Å². The molecule has 6 heteroatoms. The summed E-state index contributed by atoms with van der Waals surface area (Å²) < 4.78 is 6.95. The Morgan fingerprint density at radius 1 is 0.339 bits per heavy atom. The summed E-state index contributed by atoms with van der Waals surface area (Å²) in [5, 5.41) is 7.95. The minimum atomic E-state index is 0.611. The molecule has 0 amide bonds. The predicted molar refractivity (Wildman–Crippen MR) is 243 cm³/mol. The molecular weight excluding hydrogens is 721 g/mol. The maximum Gasteiger partial charge on any atom is 0.236 e. The van der Waals surface area contributed by atoms with Gasteiger partial charge in [-0.05, 0) is 77.2 Å². The molecule has 5 aromatic heterocycles. The van der Waals surface area contributed by atoms with Gasteiger partial charge < -0.3 is 4.57 Å². The molecule has 0 spiro atoms. The summed E-state index contributed by atoms with van der Waals surface area (Å²) in [7, 11) is 0. The van der Waals surface area contributed by atoms with Crippen LogP contribution in [0, 0.1) is 0 Å². The molecule has 0 saturated heterocycles. The number of nitrogens with zero attached hydrogens (tertiary/aromatic N) is 6. The summed E-state index contributed by atoms with van der Waals surface area (Å²) >= 11 is 0. The summed E-state index contributed by atoms with van der Waals surface area (Å²) in [6, 6.07) is 68.9. The quantitative estimate of drug-likeness (QED) is 0.180. The van der Waals surface area contributed by atoms with Crippen LogP contribution in [0.1, 0.15) is 0 Å². The highest BCUT2D eigenvalue weighted by Crippen LogP contribution is 2.42. The first kappa shape index (κ1) is 32.0. The average molecular weight is 753 g/mol. The fourth-order valence-electron chi connectivity index (χ4n) is 9.44. The van der Waals surface area contributed by atoms with Crippen LogP contribution in [0.4, 0.5) is 0 Å².